The Morgan fingerprint density at radius 3 is 2.19 bits per heavy atom. The highest BCUT2D eigenvalue weighted by Gasteiger charge is 2.20. The fourth-order valence-electron chi connectivity index (χ4n) is 3.90. The molecule has 0 spiro atoms. The summed E-state index contributed by atoms with van der Waals surface area (Å²) in [6.07, 6.45) is 17.9. The van der Waals surface area contributed by atoms with Gasteiger partial charge in [-0.3, -0.25) is 4.99 Å². The highest BCUT2D eigenvalue weighted by Crippen LogP contribution is 2.28. The summed E-state index contributed by atoms with van der Waals surface area (Å²) in [5.41, 5.74) is 0. The number of aliphatic imine (C=N–C) groups is 1. The highest BCUT2D eigenvalue weighted by molar-refractivity contribution is 5.82. The van der Waals surface area contributed by atoms with Crippen LogP contribution in [0.25, 0.3) is 0 Å². The second-order valence-corrected chi connectivity index (χ2v) is 7.32. The largest absolute Gasteiger partial charge is 0.363 e. The third-order valence-electron chi connectivity index (χ3n) is 5.39. The van der Waals surface area contributed by atoms with E-state index in [-0.39, 0.29) is 0 Å². The zero-order valence-electron chi connectivity index (χ0n) is 14.4. The monoisotopic (exact) mass is 292 g/mol. The Morgan fingerprint density at radius 2 is 1.57 bits per heavy atom. The molecule has 2 saturated carbocycles. The SMILES string of the molecule is CCCCN(C)C(CC1CCCCC1)=NC1CCCCC1. The molecule has 0 N–H and O–H groups in total. The first kappa shape index (κ1) is 16.8. The van der Waals surface area contributed by atoms with E-state index in [0.717, 1.165) is 5.92 Å². The molecule has 0 aromatic rings. The van der Waals surface area contributed by atoms with E-state index in [4.69, 9.17) is 4.99 Å². The maximum Gasteiger partial charge on any atom is 0.0992 e. The van der Waals surface area contributed by atoms with Gasteiger partial charge >= 0.3 is 0 Å². The molecule has 0 amide bonds. The summed E-state index contributed by atoms with van der Waals surface area (Å²) in [5.74, 6) is 2.34. The lowest BCUT2D eigenvalue weighted by Gasteiger charge is -2.29. The molecule has 2 rings (SSSR count). The Morgan fingerprint density at radius 1 is 0.952 bits per heavy atom. The van der Waals surface area contributed by atoms with Crippen LogP contribution in [0.2, 0.25) is 0 Å². The van der Waals surface area contributed by atoms with Gasteiger partial charge in [0.2, 0.25) is 0 Å². The van der Waals surface area contributed by atoms with Crippen LogP contribution in [0, 0.1) is 5.92 Å². The maximum atomic E-state index is 5.23. The molecular weight excluding hydrogens is 256 g/mol. The molecule has 2 aliphatic rings. The number of nitrogens with zero attached hydrogens (tertiary/aromatic N) is 2. The van der Waals surface area contributed by atoms with Gasteiger partial charge in [-0.05, 0) is 25.2 Å². The van der Waals surface area contributed by atoms with Crippen LogP contribution in [0.3, 0.4) is 0 Å². The van der Waals surface area contributed by atoms with Gasteiger partial charge < -0.3 is 4.90 Å². The van der Waals surface area contributed by atoms with Crippen LogP contribution in [-0.4, -0.2) is 30.4 Å². The maximum absolute atomic E-state index is 5.23. The zero-order valence-corrected chi connectivity index (χ0v) is 14.4. The van der Waals surface area contributed by atoms with Gasteiger partial charge in [-0.2, -0.15) is 0 Å². The van der Waals surface area contributed by atoms with E-state index in [2.05, 4.69) is 18.9 Å². The first-order valence-corrected chi connectivity index (χ1v) is 9.57. The summed E-state index contributed by atoms with van der Waals surface area (Å²) in [6.45, 7) is 3.47. The quantitative estimate of drug-likeness (QED) is 0.471. The average Bonchev–Trinajstić information content (AvgIpc) is 2.54. The minimum atomic E-state index is 0.626. The van der Waals surface area contributed by atoms with Crippen LogP contribution in [0.4, 0.5) is 0 Å². The van der Waals surface area contributed by atoms with Crippen molar-refractivity contribution < 1.29 is 0 Å². The Hall–Kier alpha value is -0.530. The number of amidine groups is 1. The van der Waals surface area contributed by atoms with E-state index in [1.54, 1.807) is 0 Å². The smallest absolute Gasteiger partial charge is 0.0992 e. The van der Waals surface area contributed by atoms with Gasteiger partial charge in [-0.1, -0.05) is 64.7 Å². The molecule has 0 radical (unpaired) electrons. The minimum absolute atomic E-state index is 0.626. The lowest BCUT2D eigenvalue weighted by atomic mass is 9.86. The third kappa shape index (κ3) is 6.00. The van der Waals surface area contributed by atoms with Crippen molar-refractivity contribution in [3.8, 4) is 0 Å². The second kappa shape index (κ2) is 9.48. The van der Waals surface area contributed by atoms with Gasteiger partial charge in [0.1, 0.15) is 0 Å². The molecular formula is C19H36N2. The number of rotatable bonds is 6. The van der Waals surface area contributed by atoms with Gasteiger partial charge in [0.15, 0.2) is 0 Å². The second-order valence-electron chi connectivity index (χ2n) is 7.32. The molecule has 2 fully saturated rings. The Labute approximate surface area is 132 Å². The molecule has 0 atom stereocenters. The zero-order chi connectivity index (χ0) is 14.9. The highest BCUT2D eigenvalue weighted by atomic mass is 15.2. The van der Waals surface area contributed by atoms with Gasteiger partial charge in [0, 0.05) is 20.0 Å². The molecule has 0 saturated heterocycles. The Balaban J connectivity index is 1.95. The normalized spacial score (nSPS) is 22.5. The average molecular weight is 293 g/mol. The molecule has 0 aliphatic heterocycles. The van der Waals surface area contributed by atoms with Crippen molar-refractivity contribution >= 4 is 5.84 Å². The van der Waals surface area contributed by atoms with E-state index < -0.39 is 0 Å². The number of hydrogen-bond acceptors (Lipinski definition) is 1. The van der Waals surface area contributed by atoms with Gasteiger partial charge in [0.05, 0.1) is 11.9 Å². The molecule has 2 heteroatoms. The van der Waals surface area contributed by atoms with Crippen molar-refractivity contribution in [1.82, 2.24) is 4.90 Å². The van der Waals surface area contributed by atoms with Gasteiger partial charge in [-0.15, -0.1) is 0 Å². The summed E-state index contributed by atoms with van der Waals surface area (Å²) >= 11 is 0. The molecule has 0 bridgehead atoms. The fourth-order valence-corrected chi connectivity index (χ4v) is 3.90. The van der Waals surface area contributed by atoms with Crippen LogP contribution in [0.5, 0.6) is 0 Å². The Kier molecular flexibility index (Phi) is 7.60. The van der Waals surface area contributed by atoms with Crippen molar-refractivity contribution in [3.63, 3.8) is 0 Å². The molecule has 0 unspecified atom stereocenters. The summed E-state index contributed by atoms with van der Waals surface area (Å²) < 4.78 is 0. The molecule has 0 heterocycles. The summed E-state index contributed by atoms with van der Waals surface area (Å²) in [5, 5.41) is 0. The first-order chi connectivity index (χ1) is 10.3. The summed E-state index contributed by atoms with van der Waals surface area (Å²) in [6, 6.07) is 0.626. The van der Waals surface area contributed by atoms with E-state index in [9.17, 15) is 0 Å². The first-order valence-electron chi connectivity index (χ1n) is 9.57. The summed E-state index contributed by atoms with van der Waals surface area (Å²) in [4.78, 5) is 7.70. The van der Waals surface area contributed by atoms with Crippen LogP contribution in [-0.2, 0) is 0 Å². The van der Waals surface area contributed by atoms with Crippen molar-refractivity contribution in [2.24, 2.45) is 10.9 Å². The van der Waals surface area contributed by atoms with E-state index in [1.165, 1.54) is 95.9 Å². The van der Waals surface area contributed by atoms with Crippen molar-refractivity contribution in [2.75, 3.05) is 13.6 Å². The third-order valence-corrected chi connectivity index (χ3v) is 5.39. The standard InChI is InChI=1S/C19H36N2/c1-3-4-15-21(2)19(16-17-11-7-5-8-12-17)20-18-13-9-6-10-14-18/h17-18H,3-16H2,1-2H3. The van der Waals surface area contributed by atoms with Crippen LogP contribution >= 0.6 is 0 Å². The molecule has 2 nitrogen and oxygen atoms in total. The van der Waals surface area contributed by atoms with E-state index >= 15 is 0 Å². The number of unbranched alkanes of at least 4 members (excludes halogenated alkanes) is 1. The topological polar surface area (TPSA) is 15.6 Å². The summed E-state index contributed by atoms with van der Waals surface area (Å²) in [7, 11) is 2.28. The minimum Gasteiger partial charge on any atom is -0.363 e. The lowest BCUT2D eigenvalue weighted by Crippen LogP contribution is -2.32. The molecule has 21 heavy (non-hydrogen) atoms. The van der Waals surface area contributed by atoms with Gasteiger partial charge in [-0.25, -0.2) is 0 Å². The van der Waals surface area contributed by atoms with Crippen LogP contribution in [0.15, 0.2) is 4.99 Å². The van der Waals surface area contributed by atoms with Crippen LogP contribution in [0.1, 0.15) is 90.4 Å². The van der Waals surface area contributed by atoms with Crippen molar-refractivity contribution in [1.29, 1.82) is 0 Å². The van der Waals surface area contributed by atoms with Crippen molar-refractivity contribution in [3.05, 3.63) is 0 Å². The Bertz CT molecular complexity index is 299. The molecule has 0 aromatic heterocycles. The molecule has 0 aromatic carbocycles. The predicted molar refractivity (Wildman–Crippen MR) is 93.0 cm³/mol. The van der Waals surface area contributed by atoms with Crippen molar-refractivity contribution in [2.45, 2.75) is 96.4 Å². The molecule has 122 valence electrons. The predicted octanol–water partition coefficient (Wildman–Crippen LogP) is 5.42. The van der Waals surface area contributed by atoms with E-state index in [0.29, 0.717) is 6.04 Å². The van der Waals surface area contributed by atoms with E-state index in [1.807, 2.05) is 0 Å². The molecule has 2 aliphatic carbocycles. The number of hydrogen-bond donors (Lipinski definition) is 0. The lowest BCUT2D eigenvalue weighted by molar-refractivity contribution is 0.350. The van der Waals surface area contributed by atoms with Gasteiger partial charge in [0.25, 0.3) is 0 Å². The fraction of sp³-hybridized carbons (Fsp3) is 0.947. The van der Waals surface area contributed by atoms with Crippen LogP contribution < -0.4 is 0 Å².